The molecule has 128 valence electrons. The molecule has 1 atom stereocenters. The third kappa shape index (κ3) is 3.15. The molecule has 0 saturated carbocycles. The number of amides is 3. The molecule has 2 aliphatic heterocycles. The van der Waals surface area contributed by atoms with Crippen LogP contribution < -0.4 is 20.3 Å². The van der Waals surface area contributed by atoms with Gasteiger partial charge in [0.2, 0.25) is 0 Å². The fraction of sp³-hybridized carbons (Fsp3) is 0.263. The fourth-order valence-corrected chi connectivity index (χ4v) is 3.18. The van der Waals surface area contributed by atoms with E-state index in [-0.39, 0.29) is 11.9 Å². The molecule has 4 rings (SSSR count). The molecule has 0 aliphatic carbocycles. The summed E-state index contributed by atoms with van der Waals surface area (Å²) >= 11 is 0. The van der Waals surface area contributed by atoms with Crippen LogP contribution in [-0.4, -0.2) is 31.1 Å². The Morgan fingerprint density at radius 3 is 2.92 bits per heavy atom. The highest BCUT2D eigenvalue weighted by Gasteiger charge is 2.29. The maximum Gasteiger partial charge on any atom is 0.321 e. The summed E-state index contributed by atoms with van der Waals surface area (Å²) in [7, 11) is 0. The van der Waals surface area contributed by atoms with Crippen LogP contribution in [0.25, 0.3) is 0 Å². The number of ether oxygens (including phenoxy) is 1. The van der Waals surface area contributed by atoms with E-state index in [0.717, 1.165) is 23.4 Å². The van der Waals surface area contributed by atoms with Crippen molar-refractivity contribution in [2.24, 2.45) is 0 Å². The van der Waals surface area contributed by atoms with Crippen molar-refractivity contribution in [1.29, 1.82) is 0 Å². The molecule has 6 heteroatoms. The summed E-state index contributed by atoms with van der Waals surface area (Å²) in [6, 6.07) is 14.9. The van der Waals surface area contributed by atoms with E-state index in [1.807, 2.05) is 48.5 Å². The summed E-state index contributed by atoms with van der Waals surface area (Å²) in [5, 5.41) is 5.72. The summed E-state index contributed by atoms with van der Waals surface area (Å²) < 4.78 is 5.72. The lowest BCUT2D eigenvalue weighted by atomic mass is 10.1. The minimum atomic E-state index is -0.528. The van der Waals surface area contributed by atoms with Crippen LogP contribution in [0.5, 0.6) is 5.75 Å². The Balaban J connectivity index is 1.45. The molecule has 2 N–H and O–H groups in total. The van der Waals surface area contributed by atoms with Gasteiger partial charge in [-0.05, 0) is 36.2 Å². The predicted molar refractivity (Wildman–Crippen MR) is 95.0 cm³/mol. The van der Waals surface area contributed by atoms with Crippen LogP contribution in [0.1, 0.15) is 12.0 Å². The minimum absolute atomic E-state index is 0.107. The Hall–Kier alpha value is -3.02. The van der Waals surface area contributed by atoms with Gasteiger partial charge in [-0.1, -0.05) is 24.3 Å². The third-order valence-electron chi connectivity index (χ3n) is 4.44. The second-order valence-electron chi connectivity index (χ2n) is 6.20. The molecular weight excluding hydrogens is 318 g/mol. The highest BCUT2D eigenvalue weighted by Crippen LogP contribution is 2.29. The first kappa shape index (κ1) is 15.5. The number of rotatable bonds is 3. The zero-order chi connectivity index (χ0) is 17.2. The second-order valence-corrected chi connectivity index (χ2v) is 6.20. The van der Waals surface area contributed by atoms with Crippen LogP contribution in [0.2, 0.25) is 0 Å². The van der Waals surface area contributed by atoms with Crippen LogP contribution in [0.4, 0.5) is 16.2 Å². The minimum Gasteiger partial charge on any atom is -0.480 e. The van der Waals surface area contributed by atoms with E-state index in [1.54, 1.807) is 4.90 Å². The van der Waals surface area contributed by atoms with E-state index < -0.39 is 6.10 Å². The molecule has 2 heterocycles. The molecule has 1 saturated heterocycles. The lowest BCUT2D eigenvalue weighted by molar-refractivity contribution is -0.122. The number of anilines is 2. The Morgan fingerprint density at radius 1 is 1.20 bits per heavy atom. The smallest absolute Gasteiger partial charge is 0.321 e. The Bertz CT molecular complexity index is 796. The molecule has 0 unspecified atom stereocenters. The number of carbonyl (C=O) groups excluding carboxylic acids is 2. The van der Waals surface area contributed by atoms with Gasteiger partial charge in [-0.3, -0.25) is 9.69 Å². The number of hydrogen-bond acceptors (Lipinski definition) is 3. The SMILES string of the molecule is O=C(Nc1cccc(N2CCCNC2=O)c1)[C@@H]1Cc2ccccc2O1. The van der Waals surface area contributed by atoms with Crippen molar-refractivity contribution in [3.05, 3.63) is 54.1 Å². The van der Waals surface area contributed by atoms with Gasteiger partial charge in [0.25, 0.3) is 5.91 Å². The first-order valence-corrected chi connectivity index (χ1v) is 8.41. The van der Waals surface area contributed by atoms with Crippen molar-refractivity contribution in [2.45, 2.75) is 18.9 Å². The van der Waals surface area contributed by atoms with E-state index in [9.17, 15) is 9.59 Å². The van der Waals surface area contributed by atoms with Crippen LogP contribution >= 0.6 is 0 Å². The molecule has 2 aromatic rings. The average Bonchev–Trinajstić information content (AvgIpc) is 3.07. The predicted octanol–water partition coefficient (Wildman–Crippen LogP) is 2.55. The van der Waals surface area contributed by atoms with Crippen LogP contribution in [0.3, 0.4) is 0 Å². The zero-order valence-electron chi connectivity index (χ0n) is 13.7. The van der Waals surface area contributed by atoms with Gasteiger partial charge >= 0.3 is 6.03 Å². The van der Waals surface area contributed by atoms with Crippen molar-refractivity contribution in [3.8, 4) is 5.75 Å². The maximum absolute atomic E-state index is 12.5. The summed E-state index contributed by atoms with van der Waals surface area (Å²) in [5.41, 5.74) is 2.47. The molecule has 6 nitrogen and oxygen atoms in total. The summed E-state index contributed by atoms with van der Waals surface area (Å²) in [4.78, 5) is 26.2. The molecule has 0 bridgehead atoms. The zero-order valence-corrected chi connectivity index (χ0v) is 13.7. The number of nitrogens with one attached hydrogen (secondary N) is 2. The molecule has 3 amide bonds. The van der Waals surface area contributed by atoms with Gasteiger partial charge in [0, 0.05) is 30.9 Å². The summed E-state index contributed by atoms with van der Waals surface area (Å²) in [6.07, 6.45) is 0.937. The lowest BCUT2D eigenvalue weighted by Crippen LogP contribution is -2.46. The van der Waals surface area contributed by atoms with Crippen LogP contribution in [0, 0.1) is 0 Å². The van der Waals surface area contributed by atoms with Crippen LogP contribution in [0.15, 0.2) is 48.5 Å². The lowest BCUT2D eigenvalue weighted by Gasteiger charge is -2.27. The normalized spacial score (nSPS) is 19.0. The molecule has 0 aromatic heterocycles. The molecule has 25 heavy (non-hydrogen) atoms. The van der Waals surface area contributed by atoms with Gasteiger partial charge in [-0.2, -0.15) is 0 Å². The van der Waals surface area contributed by atoms with Gasteiger partial charge in [0.15, 0.2) is 6.10 Å². The molecule has 0 spiro atoms. The highest BCUT2D eigenvalue weighted by atomic mass is 16.5. The quantitative estimate of drug-likeness (QED) is 0.904. The topological polar surface area (TPSA) is 70.7 Å². The van der Waals surface area contributed by atoms with Gasteiger partial charge in [-0.25, -0.2) is 4.79 Å². The third-order valence-corrected chi connectivity index (χ3v) is 4.44. The van der Waals surface area contributed by atoms with E-state index >= 15 is 0 Å². The molecule has 2 aliphatic rings. The van der Waals surface area contributed by atoms with Crippen molar-refractivity contribution >= 4 is 23.3 Å². The Labute approximate surface area is 145 Å². The van der Waals surface area contributed by atoms with E-state index in [4.69, 9.17) is 4.74 Å². The van der Waals surface area contributed by atoms with E-state index in [1.165, 1.54) is 0 Å². The number of benzene rings is 2. The van der Waals surface area contributed by atoms with Crippen molar-refractivity contribution in [1.82, 2.24) is 5.32 Å². The standard InChI is InChI=1S/C19H19N3O3/c23-18(17-11-13-5-1-2-8-16(13)25-17)21-14-6-3-7-15(12-14)22-10-4-9-20-19(22)24/h1-3,5-8,12,17H,4,9-11H2,(H,20,24)(H,21,23)/t17-/m0/s1. The van der Waals surface area contributed by atoms with E-state index in [0.29, 0.717) is 25.2 Å². The van der Waals surface area contributed by atoms with Gasteiger partial charge in [0.1, 0.15) is 5.75 Å². The first-order valence-electron chi connectivity index (χ1n) is 8.41. The van der Waals surface area contributed by atoms with Gasteiger partial charge < -0.3 is 15.4 Å². The number of para-hydroxylation sites is 1. The largest absolute Gasteiger partial charge is 0.480 e. The number of carbonyl (C=O) groups is 2. The maximum atomic E-state index is 12.5. The number of fused-ring (bicyclic) bond motifs is 1. The molecule has 2 aromatic carbocycles. The monoisotopic (exact) mass is 337 g/mol. The Morgan fingerprint density at radius 2 is 2.08 bits per heavy atom. The molecule has 1 fully saturated rings. The number of nitrogens with zero attached hydrogens (tertiary/aromatic N) is 1. The Kier molecular flexibility index (Phi) is 4.01. The van der Waals surface area contributed by atoms with Crippen LogP contribution in [-0.2, 0) is 11.2 Å². The van der Waals surface area contributed by atoms with Gasteiger partial charge in [-0.15, -0.1) is 0 Å². The average molecular weight is 337 g/mol. The summed E-state index contributed by atoms with van der Waals surface area (Å²) in [5.74, 6) is 0.581. The number of hydrogen-bond donors (Lipinski definition) is 2. The molecule has 0 radical (unpaired) electrons. The van der Waals surface area contributed by atoms with Crippen molar-refractivity contribution < 1.29 is 14.3 Å². The fourth-order valence-electron chi connectivity index (χ4n) is 3.18. The van der Waals surface area contributed by atoms with Crippen molar-refractivity contribution in [3.63, 3.8) is 0 Å². The van der Waals surface area contributed by atoms with Gasteiger partial charge in [0.05, 0.1) is 0 Å². The molecular formula is C19H19N3O3. The van der Waals surface area contributed by atoms with E-state index in [2.05, 4.69) is 10.6 Å². The number of urea groups is 1. The second kappa shape index (κ2) is 6.47. The first-order chi connectivity index (χ1) is 12.2. The highest BCUT2D eigenvalue weighted by molar-refractivity contribution is 5.97. The van der Waals surface area contributed by atoms with Crippen molar-refractivity contribution in [2.75, 3.05) is 23.3 Å². The summed E-state index contributed by atoms with van der Waals surface area (Å²) in [6.45, 7) is 1.37.